The predicted molar refractivity (Wildman–Crippen MR) is 85.6 cm³/mol. The quantitative estimate of drug-likeness (QED) is 0.793. The molecule has 0 radical (unpaired) electrons. The van der Waals surface area contributed by atoms with Crippen molar-refractivity contribution in [1.29, 1.82) is 0 Å². The van der Waals surface area contributed by atoms with Gasteiger partial charge < -0.3 is 15.3 Å². The van der Waals surface area contributed by atoms with E-state index in [4.69, 9.17) is 11.6 Å². The number of nitrogens with one attached hydrogen (secondary N) is 1. The summed E-state index contributed by atoms with van der Waals surface area (Å²) in [5.74, 6) is -0.242. The number of likely N-dealkylation sites (N-methyl/N-ethyl adjacent to an activating group) is 1. The van der Waals surface area contributed by atoms with Gasteiger partial charge in [0.15, 0.2) is 0 Å². The van der Waals surface area contributed by atoms with Crippen molar-refractivity contribution in [3.05, 3.63) is 27.5 Å². The van der Waals surface area contributed by atoms with Crippen molar-refractivity contribution in [2.75, 3.05) is 20.1 Å². The lowest BCUT2D eigenvalue weighted by molar-refractivity contribution is -0.0481. The number of piperidine rings is 1. The molecule has 0 bridgehead atoms. The molecule has 1 aromatic rings. The largest absolute Gasteiger partial charge is 0.388 e. The highest BCUT2D eigenvalue weighted by Crippen LogP contribution is 2.27. The van der Waals surface area contributed by atoms with E-state index in [1.807, 2.05) is 6.92 Å². The Bertz CT molecular complexity index is 535. The summed E-state index contributed by atoms with van der Waals surface area (Å²) in [5.41, 5.74) is -0.542. The van der Waals surface area contributed by atoms with Crippen LogP contribution in [0.3, 0.4) is 0 Å². The fourth-order valence-electron chi connectivity index (χ4n) is 2.58. The molecule has 1 aromatic heterocycles. The van der Waals surface area contributed by atoms with E-state index in [0.717, 1.165) is 13.1 Å². The molecule has 0 aromatic carbocycles. The molecular weight excluding hydrogens is 358 g/mol. The van der Waals surface area contributed by atoms with Crippen LogP contribution in [0.1, 0.15) is 30.1 Å². The predicted octanol–water partition coefficient (Wildman–Crippen LogP) is 2.07. The number of carbonyl (C=O) groups is 1. The van der Waals surface area contributed by atoms with Gasteiger partial charge in [-0.2, -0.15) is 0 Å². The Morgan fingerprint density at radius 1 is 1.57 bits per heavy atom. The van der Waals surface area contributed by atoms with Crippen LogP contribution in [0, 0.1) is 0 Å². The average Bonchev–Trinajstić information content (AvgIpc) is 2.48. The number of rotatable bonds is 3. The molecule has 1 amide bonds. The van der Waals surface area contributed by atoms with Crippen molar-refractivity contribution in [2.24, 2.45) is 0 Å². The van der Waals surface area contributed by atoms with Crippen molar-refractivity contribution in [2.45, 2.75) is 31.4 Å². The molecule has 7 heteroatoms. The van der Waals surface area contributed by atoms with Crippen molar-refractivity contribution in [3.8, 4) is 0 Å². The van der Waals surface area contributed by atoms with Crippen molar-refractivity contribution >= 4 is 33.4 Å². The number of pyridine rings is 1. The Hall–Kier alpha value is -0.690. The van der Waals surface area contributed by atoms with Crippen LogP contribution >= 0.6 is 27.5 Å². The third kappa shape index (κ3) is 3.56. The van der Waals surface area contributed by atoms with Crippen LogP contribution in [0.2, 0.25) is 5.15 Å². The Kier molecular flexibility index (Phi) is 5.24. The zero-order valence-corrected chi connectivity index (χ0v) is 14.4. The molecule has 2 heterocycles. The maximum absolute atomic E-state index is 12.6. The van der Waals surface area contributed by atoms with E-state index < -0.39 is 5.60 Å². The minimum absolute atomic E-state index is 0.166. The van der Waals surface area contributed by atoms with Gasteiger partial charge in [-0.15, -0.1) is 0 Å². The highest BCUT2D eigenvalue weighted by Gasteiger charge is 2.39. The van der Waals surface area contributed by atoms with Crippen LogP contribution in [0.25, 0.3) is 0 Å². The van der Waals surface area contributed by atoms with Gasteiger partial charge in [0.05, 0.1) is 17.2 Å². The topological polar surface area (TPSA) is 65.5 Å². The summed E-state index contributed by atoms with van der Waals surface area (Å²) < 4.78 is 0.692. The first-order valence-corrected chi connectivity index (χ1v) is 8.03. The highest BCUT2D eigenvalue weighted by atomic mass is 79.9. The molecule has 21 heavy (non-hydrogen) atoms. The molecule has 0 aliphatic carbocycles. The lowest BCUT2D eigenvalue weighted by atomic mass is 9.85. The number of aliphatic hydroxyl groups is 1. The average molecular weight is 377 g/mol. The van der Waals surface area contributed by atoms with Gasteiger partial charge in [0.1, 0.15) is 5.15 Å². The van der Waals surface area contributed by atoms with Crippen molar-refractivity contribution in [3.63, 3.8) is 0 Å². The Labute approximate surface area is 137 Å². The Morgan fingerprint density at radius 2 is 2.19 bits per heavy atom. The number of aromatic nitrogens is 1. The zero-order chi connectivity index (χ0) is 15.6. The third-order valence-corrected chi connectivity index (χ3v) is 4.92. The van der Waals surface area contributed by atoms with E-state index in [-0.39, 0.29) is 17.1 Å². The molecule has 0 spiro atoms. The van der Waals surface area contributed by atoms with Gasteiger partial charge in [-0.1, -0.05) is 11.6 Å². The molecule has 1 unspecified atom stereocenters. The summed E-state index contributed by atoms with van der Waals surface area (Å²) in [6.45, 7) is 3.37. The standard InChI is InChI=1S/C14H19BrClN3O2/c1-9(14(21)3-5-17-6-4-14)19(2)13(20)11-7-10(15)8-18-12(11)16/h7-9,17,21H,3-6H2,1-2H3. The molecule has 0 saturated carbocycles. The summed E-state index contributed by atoms with van der Waals surface area (Å²) in [6.07, 6.45) is 2.79. The summed E-state index contributed by atoms with van der Waals surface area (Å²) in [4.78, 5) is 18.1. The number of carbonyl (C=O) groups excluding carboxylic acids is 1. The third-order valence-electron chi connectivity index (χ3n) is 4.18. The van der Waals surface area contributed by atoms with Crippen LogP contribution in [0.15, 0.2) is 16.7 Å². The molecule has 2 rings (SSSR count). The van der Waals surface area contributed by atoms with Crippen LogP contribution in [-0.4, -0.2) is 52.7 Å². The van der Waals surface area contributed by atoms with E-state index in [0.29, 0.717) is 22.9 Å². The smallest absolute Gasteiger partial charge is 0.257 e. The number of hydrogen-bond acceptors (Lipinski definition) is 4. The second kappa shape index (κ2) is 6.60. The molecule has 1 aliphatic heterocycles. The van der Waals surface area contributed by atoms with E-state index >= 15 is 0 Å². The second-order valence-electron chi connectivity index (χ2n) is 5.44. The molecule has 1 saturated heterocycles. The van der Waals surface area contributed by atoms with E-state index in [1.54, 1.807) is 24.2 Å². The van der Waals surface area contributed by atoms with E-state index in [9.17, 15) is 9.90 Å². The minimum atomic E-state index is -0.873. The fourth-order valence-corrected chi connectivity index (χ4v) is 3.09. The maximum atomic E-state index is 12.6. The molecule has 116 valence electrons. The monoisotopic (exact) mass is 375 g/mol. The molecule has 5 nitrogen and oxygen atoms in total. The Morgan fingerprint density at radius 3 is 2.81 bits per heavy atom. The van der Waals surface area contributed by atoms with Gasteiger partial charge in [0.2, 0.25) is 0 Å². The number of nitrogens with zero attached hydrogens (tertiary/aromatic N) is 2. The Balaban J connectivity index is 2.20. The molecular formula is C14H19BrClN3O2. The number of halogens is 2. The second-order valence-corrected chi connectivity index (χ2v) is 6.71. The van der Waals surface area contributed by atoms with Gasteiger partial charge in [-0.05, 0) is 54.9 Å². The lowest BCUT2D eigenvalue weighted by Gasteiger charge is -2.42. The number of amides is 1. The summed E-state index contributed by atoms with van der Waals surface area (Å²) >= 11 is 9.30. The SMILES string of the molecule is CC(N(C)C(=O)c1cc(Br)cnc1Cl)C1(O)CCNCC1. The number of hydrogen-bond donors (Lipinski definition) is 2. The minimum Gasteiger partial charge on any atom is -0.388 e. The first-order valence-electron chi connectivity index (χ1n) is 6.86. The molecule has 1 fully saturated rings. The molecule has 2 N–H and O–H groups in total. The van der Waals surface area contributed by atoms with E-state index in [1.165, 1.54) is 0 Å². The molecule has 1 atom stereocenters. The van der Waals surface area contributed by atoms with Gasteiger partial charge in [-0.25, -0.2) is 4.98 Å². The maximum Gasteiger partial charge on any atom is 0.257 e. The summed E-state index contributed by atoms with van der Waals surface area (Å²) in [7, 11) is 1.68. The lowest BCUT2D eigenvalue weighted by Crippen LogP contribution is -2.56. The van der Waals surface area contributed by atoms with Crippen LogP contribution in [-0.2, 0) is 0 Å². The van der Waals surface area contributed by atoms with Gasteiger partial charge in [0, 0.05) is 17.7 Å². The first kappa shape index (κ1) is 16.7. The van der Waals surface area contributed by atoms with Gasteiger partial charge >= 0.3 is 0 Å². The zero-order valence-electron chi connectivity index (χ0n) is 12.1. The van der Waals surface area contributed by atoms with Gasteiger partial charge in [0.25, 0.3) is 5.91 Å². The van der Waals surface area contributed by atoms with E-state index in [2.05, 4.69) is 26.2 Å². The summed E-state index contributed by atoms with van der Waals surface area (Å²) in [6, 6.07) is 1.34. The molecule has 1 aliphatic rings. The fraction of sp³-hybridized carbons (Fsp3) is 0.571. The van der Waals surface area contributed by atoms with Crippen molar-refractivity contribution in [1.82, 2.24) is 15.2 Å². The normalized spacial score (nSPS) is 19.1. The van der Waals surface area contributed by atoms with Crippen LogP contribution < -0.4 is 5.32 Å². The van der Waals surface area contributed by atoms with Crippen LogP contribution in [0.5, 0.6) is 0 Å². The van der Waals surface area contributed by atoms with Gasteiger partial charge in [-0.3, -0.25) is 4.79 Å². The van der Waals surface area contributed by atoms with Crippen molar-refractivity contribution < 1.29 is 9.90 Å². The first-order chi connectivity index (χ1) is 9.85. The highest BCUT2D eigenvalue weighted by molar-refractivity contribution is 9.10. The van der Waals surface area contributed by atoms with Crippen LogP contribution in [0.4, 0.5) is 0 Å². The summed E-state index contributed by atoms with van der Waals surface area (Å²) in [5, 5.41) is 14.1.